The molecule has 3 heterocycles. The average molecular weight is 339 g/mol. The van der Waals surface area contributed by atoms with E-state index in [1.54, 1.807) is 12.2 Å². The zero-order valence-electron chi connectivity index (χ0n) is 15.8. The Morgan fingerprint density at radius 1 is 1.00 bits per heavy atom. The first-order chi connectivity index (χ1) is 11.4. The Hall–Kier alpha value is -0.690. The lowest BCUT2D eigenvalue weighted by molar-refractivity contribution is -0.211. The third-order valence-corrected chi connectivity index (χ3v) is 6.13. The molecule has 0 aromatic rings. The van der Waals surface area contributed by atoms with Crippen molar-refractivity contribution in [2.24, 2.45) is 5.41 Å². The number of hydroxylamine groups is 2. The van der Waals surface area contributed by atoms with Gasteiger partial charge in [-0.05, 0) is 47.1 Å². The van der Waals surface area contributed by atoms with E-state index in [0.717, 1.165) is 39.0 Å². The normalized spacial score (nSPS) is 35.5. The highest BCUT2D eigenvalue weighted by Crippen LogP contribution is 2.41. The smallest absolute Gasteiger partial charge is 0.253 e. The summed E-state index contributed by atoms with van der Waals surface area (Å²) in [5.74, 6) is 0.184. The molecule has 0 saturated carbocycles. The largest absolute Gasteiger partial charge is 0.377 e. The van der Waals surface area contributed by atoms with E-state index in [-0.39, 0.29) is 23.5 Å². The Bertz CT molecular complexity index is 470. The van der Waals surface area contributed by atoms with Crippen LogP contribution >= 0.6 is 0 Å². The van der Waals surface area contributed by atoms with E-state index in [2.05, 4.69) is 37.5 Å². The molecule has 3 rings (SSSR count). The number of hydrogen-bond acceptors (Lipinski definition) is 5. The summed E-state index contributed by atoms with van der Waals surface area (Å²) >= 11 is 0. The number of hydrogen-bond donors (Lipinski definition) is 0. The van der Waals surface area contributed by atoms with Crippen molar-refractivity contribution >= 4 is 5.91 Å². The fourth-order valence-corrected chi connectivity index (χ4v) is 4.30. The van der Waals surface area contributed by atoms with Gasteiger partial charge in [-0.1, -0.05) is 0 Å². The van der Waals surface area contributed by atoms with Gasteiger partial charge in [0, 0.05) is 45.4 Å². The lowest BCUT2D eigenvalue weighted by Gasteiger charge is -2.27. The van der Waals surface area contributed by atoms with Crippen molar-refractivity contribution in [2.45, 2.75) is 64.8 Å². The first-order valence-electron chi connectivity index (χ1n) is 9.36. The number of likely N-dealkylation sites (tertiary alicyclic amines) is 2. The van der Waals surface area contributed by atoms with E-state index < -0.39 is 0 Å². The molecule has 3 aliphatic heterocycles. The molecule has 0 aliphatic carbocycles. The lowest BCUT2D eigenvalue weighted by Crippen LogP contribution is -2.42. The number of nitrogens with zero attached hydrogens (tertiary/aromatic N) is 3. The monoisotopic (exact) mass is 339 g/mol. The predicted molar refractivity (Wildman–Crippen MR) is 92.5 cm³/mol. The Morgan fingerprint density at radius 2 is 1.62 bits per heavy atom. The fraction of sp³-hybridized carbons (Fsp3) is 0.944. The van der Waals surface area contributed by atoms with Crippen molar-refractivity contribution in [3.63, 3.8) is 0 Å². The van der Waals surface area contributed by atoms with Crippen LogP contribution in [-0.4, -0.2) is 84.9 Å². The number of carbonyl (C=O) groups excluding carboxylic acids is 1. The second-order valence-electron chi connectivity index (χ2n) is 8.22. The second-order valence-corrected chi connectivity index (χ2v) is 8.22. The summed E-state index contributed by atoms with van der Waals surface area (Å²) in [5.41, 5.74) is -0.219. The van der Waals surface area contributed by atoms with Crippen molar-refractivity contribution in [3.05, 3.63) is 0 Å². The van der Waals surface area contributed by atoms with E-state index >= 15 is 0 Å². The van der Waals surface area contributed by atoms with E-state index in [0.29, 0.717) is 18.6 Å². The molecule has 6 nitrogen and oxygen atoms in total. The maximum atomic E-state index is 13.0. The number of amides is 1. The van der Waals surface area contributed by atoms with E-state index in [9.17, 15) is 4.79 Å². The van der Waals surface area contributed by atoms with Gasteiger partial charge in [-0.25, -0.2) is 5.06 Å². The molecule has 6 heteroatoms. The van der Waals surface area contributed by atoms with E-state index in [4.69, 9.17) is 9.57 Å². The summed E-state index contributed by atoms with van der Waals surface area (Å²) in [6, 6.07) is 0.964. The van der Waals surface area contributed by atoms with E-state index in [1.165, 1.54) is 0 Å². The second kappa shape index (κ2) is 6.90. The predicted octanol–water partition coefficient (Wildman–Crippen LogP) is 1.36. The maximum absolute atomic E-state index is 13.0. The summed E-state index contributed by atoms with van der Waals surface area (Å²) in [5, 5.41) is 1.64. The molecule has 3 aliphatic rings. The topological polar surface area (TPSA) is 45.3 Å². The zero-order chi connectivity index (χ0) is 17.5. The number of carbonyl (C=O) groups is 1. The maximum Gasteiger partial charge on any atom is 0.253 e. The van der Waals surface area contributed by atoms with Gasteiger partial charge in [0.25, 0.3) is 5.91 Å². The van der Waals surface area contributed by atoms with Crippen LogP contribution in [0.4, 0.5) is 0 Å². The molecule has 3 atom stereocenters. The molecule has 3 unspecified atom stereocenters. The van der Waals surface area contributed by atoms with Crippen LogP contribution in [0.3, 0.4) is 0 Å². The van der Waals surface area contributed by atoms with Gasteiger partial charge >= 0.3 is 0 Å². The van der Waals surface area contributed by atoms with Crippen molar-refractivity contribution in [2.75, 3.05) is 39.8 Å². The third-order valence-electron chi connectivity index (χ3n) is 6.13. The molecule has 0 bridgehead atoms. The standard InChI is InChI=1S/C18H33N3O3/c1-13(2)19-8-6-18(12-19)7-9-21(17(18)22)24-16-11-20(14(3)4)10-15(16)23-5/h13-16H,6-12H2,1-5H3. The molecule has 1 amide bonds. The average Bonchev–Trinajstić information content (AvgIpc) is 3.22. The SMILES string of the molecule is COC1CN(C(C)C)CC1ON1CCC2(CCN(C(C)C)C2)C1=O. The van der Waals surface area contributed by atoms with Crippen molar-refractivity contribution in [1.82, 2.24) is 14.9 Å². The van der Waals surface area contributed by atoms with Gasteiger partial charge in [0.05, 0.1) is 11.5 Å². The minimum atomic E-state index is -0.219. The van der Waals surface area contributed by atoms with Gasteiger partial charge in [-0.3, -0.25) is 19.4 Å². The van der Waals surface area contributed by atoms with Gasteiger partial charge in [0.15, 0.2) is 0 Å². The van der Waals surface area contributed by atoms with Crippen molar-refractivity contribution in [1.29, 1.82) is 0 Å². The highest BCUT2D eigenvalue weighted by atomic mass is 16.7. The minimum absolute atomic E-state index is 0.0347. The molecule has 138 valence electrons. The third kappa shape index (κ3) is 3.21. The van der Waals surface area contributed by atoms with Crippen LogP contribution in [0.5, 0.6) is 0 Å². The number of ether oxygens (including phenoxy) is 1. The summed E-state index contributed by atoms with van der Waals surface area (Å²) < 4.78 is 5.60. The Morgan fingerprint density at radius 3 is 2.21 bits per heavy atom. The Kier molecular flexibility index (Phi) is 5.21. The van der Waals surface area contributed by atoms with Crippen LogP contribution < -0.4 is 0 Å². The van der Waals surface area contributed by atoms with Crippen LogP contribution in [0, 0.1) is 5.41 Å². The molecule has 0 N–H and O–H groups in total. The molecule has 3 saturated heterocycles. The van der Waals surface area contributed by atoms with Crippen LogP contribution in [0.15, 0.2) is 0 Å². The summed E-state index contributed by atoms with van der Waals surface area (Å²) in [6.45, 7) is 13.1. The Balaban J connectivity index is 1.62. The van der Waals surface area contributed by atoms with E-state index in [1.807, 2.05) is 0 Å². The summed E-state index contributed by atoms with van der Waals surface area (Å²) in [6.07, 6.45) is 1.85. The van der Waals surface area contributed by atoms with Crippen LogP contribution in [-0.2, 0) is 14.4 Å². The lowest BCUT2D eigenvalue weighted by atomic mass is 9.86. The van der Waals surface area contributed by atoms with Gasteiger partial charge in [-0.2, -0.15) is 0 Å². The Labute approximate surface area is 146 Å². The summed E-state index contributed by atoms with van der Waals surface area (Å²) in [4.78, 5) is 23.9. The van der Waals surface area contributed by atoms with Gasteiger partial charge in [0.2, 0.25) is 0 Å². The van der Waals surface area contributed by atoms with Crippen molar-refractivity contribution in [3.8, 4) is 0 Å². The van der Waals surface area contributed by atoms with Gasteiger partial charge in [-0.15, -0.1) is 0 Å². The van der Waals surface area contributed by atoms with Gasteiger partial charge in [0.1, 0.15) is 6.10 Å². The van der Waals surface area contributed by atoms with Crippen LogP contribution in [0.25, 0.3) is 0 Å². The molecule has 0 radical (unpaired) electrons. The molecule has 0 aromatic heterocycles. The highest BCUT2D eigenvalue weighted by molar-refractivity contribution is 5.84. The summed E-state index contributed by atoms with van der Waals surface area (Å²) in [7, 11) is 1.73. The molecule has 24 heavy (non-hydrogen) atoms. The van der Waals surface area contributed by atoms with Gasteiger partial charge < -0.3 is 4.74 Å². The molecular weight excluding hydrogens is 306 g/mol. The minimum Gasteiger partial charge on any atom is -0.377 e. The van der Waals surface area contributed by atoms with Crippen LogP contribution in [0.2, 0.25) is 0 Å². The first-order valence-corrected chi connectivity index (χ1v) is 9.36. The first kappa shape index (κ1) is 18.1. The molecule has 3 fully saturated rings. The van der Waals surface area contributed by atoms with Crippen molar-refractivity contribution < 1.29 is 14.4 Å². The van der Waals surface area contributed by atoms with Crippen LogP contribution in [0.1, 0.15) is 40.5 Å². The quantitative estimate of drug-likeness (QED) is 0.757. The number of methoxy groups -OCH3 is 1. The zero-order valence-corrected chi connectivity index (χ0v) is 15.8. The molecule has 1 spiro atoms. The molecule has 0 aromatic carbocycles. The molecular formula is C18H33N3O3. The number of rotatable bonds is 5. The fourth-order valence-electron chi connectivity index (χ4n) is 4.30. The highest BCUT2D eigenvalue weighted by Gasteiger charge is 2.52.